The fraction of sp³-hybridized carbons (Fsp3) is 0.833. The molecule has 2 saturated carbocycles. The molecule has 0 unspecified atom stereocenters. The first kappa shape index (κ1) is 16.1. The van der Waals surface area contributed by atoms with Gasteiger partial charge in [0.15, 0.2) is 5.82 Å². The van der Waals surface area contributed by atoms with Gasteiger partial charge in [-0.2, -0.15) is 4.98 Å². The molecule has 2 aliphatic carbocycles. The van der Waals surface area contributed by atoms with Crippen molar-refractivity contribution in [2.75, 3.05) is 13.2 Å². The van der Waals surface area contributed by atoms with Crippen LogP contribution in [0, 0.1) is 23.7 Å². The molecule has 6 heteroatoms. The Morgan fingerprint density at radius 3 is 2.58 bits per heavy atom. The number of aromatic nitrogens is 2. The van der Waals surface area contributed by atoms with Gasteiger partial charge < -0.3 is 14.6 Å². The molecule has 132 valence electrons. The normalized spacial score (nSPS) is 28.8. The molecule has 1 saturated heterocycles. The molecule has 0 radical (unpaired) electrons. The topological polar surface area (TPSA) is 77.2 Å². The van der Waals surface area contributed by atoms with E-state index in [1.54, 1.807) is 0 Å². The van der Waals surface area contributed by atoms with Gasteiger partial charge in [0.2, 0.25) is 11.8 Å². The Kier molecular flexibility index (Phi) is 4.33. The second kappa shape index (κ2) is 6.47. The van der Waals surface area contributed by atoms with Crippen molar-refractivity contribution in [1.29, 1.82) is 0 Å². The van der Waals surface area contributed by atoms with Crippen LogP contribution < -0.4 is 5.32 Å². The molecule has 0 aromatic carbocycles. The van der Waals surface area contributed by atoms with Crippen LogP contribution in [-0.4, -0.2) is 29.3 Å². The number of hydrogen-bond acceptors (Lipinski definition) is 5. The highest BCUT2D eigenvalue weighted by Gasteiger charge is 2.51. The number of carbonyl (C=O) groups excluding carboxylic acids is 1. The van der Waals surface area contributed by atoms with E-state index in [1.165, 1.54) is 12.8 Å². The lowest BCUT2D eigenvalue weighted by Crippen LogP contribution is -2.37. The van der Waals surface area contributed by atoms with Crippen LogP contribution in [-0.2, 0) is 9.53 Å². The molecule has 0 bridgehead atoms. The van der Waals surface area contributed by atoms with Gasteiger partial charge in [-0.05, 0) is 49.9 Å². The molecule has 4 rings (SSSR count). The Balaban J connectivity index is 1.47. The number of nitrogens with zero attached hydrogens (tertiary/aromatic N) is 2. The van der Waals surface area contributed by atoms with Gasteiger partial charge in [-0.3, -0.25) is 4.79 Å². The molecule has 3 fully saturated rings. The lowest BCUT2D eigenvalue weighted by Gasteiger charge is -2.28. The summed E-state index contributed by atoms with van der Waals surface area (Å²) in [5, 5.41) is 7.32. The lowest BCUT2D eigenvalue weighted by molar-refractivity contribution is -0.124. The summed E-state index contributed by atoms with van der Waals surface area (Å²) in [6.45, 7) is 5.55. The Hall–Kier alpha value is -1.43. The van der Waals surface area contributed by atoms with Gasteiger partial charge >= 0.3 is 0 Å². The van der Waals surface area contributed by atoms with Crippen molar-refractivity contribution in [3.05, 3.63) is 11.7 Å². The van der Waals surface area contributed by atoms with Crippen LogP contribution in [0.2, 0.25) is 0 Å². The largest absolute Gasteiger partial charge is 0.381 e. The molecule has 1 N–H and O–H groups in total. The molecular formula is C18H27N3O3. The van der Waals surface area contributed by atoms with Crippen molar-refractivity contribution < 1.29 is 14.1 Å². The summed E-state index contributed by atoms with van der Waals surface area (Å²) in [7, 11) is 0. The van der Waals surface area contributed by atoms with E-state index >= 15 is 0 Å². The first-order chi connectivity index (χ1) is 11.6. The molecule has 1 aromatic rings. The number of carbonyl (C=O) groups is 1. The van der Waals surface area contributed by atoms with E-state index in [0.717, 1.165) is 38.4 Å². The predicted octanol–water partition coefficient (Wildman–Crippen LogP) is 2.82. The molecule has 1 aromatic heterocycles. The van der Waals surface area contributed by atoms with Crippen molar-refractivity contribution in [3.8, 4) is 0 Å². The van der Waals surface area contributed by atoms with E-state index in [9.17, 15) is 4.79 Å². The summed E-state index contributed by atoms with van der Waals surface area (Å²) >= 11 is 0. The monoisotopic (exact) mass is 333 g/mol. The predicted molar refractivity (Wildman–Crippen MR) is 87.1 cm³/mol. The minimum atomic E-state index is -0.179. The van der Waals surface area contributed by atoms with E-state index in [2.05, 4.69) is 15.5 Å². The summed E-state index contributed by atoms with van der Waals surface area (Å²) < 4.78 is 11.0. The zero-order valence-electron chi connectivity index (χ0n) is 14.5. The summed E-state index contributed by atoms with van der Waals surface area (Å²) in [4.78, 5) is 17.2. The number of hydrogen-bond donors (Lipinski definition) is 1. The molecule has 1 amide bonds. The van der Waals surface area contributed by atoms with Crippen LogP contribution in [0.3, 0.4) is 0 Å². The smallest absolute Gasteiger partial charge is 0.249 e. The average molecular weight is 333 g/mol. The first-order valence-electron chi connectivity index (χ1n) is 9.35. The highest BCUT2D eigenvalue weighted by atomic mass is 16.5. The van der Waals surface area contributed by atoms with Gasteiger partial charge in [-0.15, -0.1) is 0 Å². The molecule has 3 atom stereocenters. The SMILES string of the molecule is CC(C)c1noc([C@H](NC(=O)[C@@H]2C[C@H]2C2CC2)C2CCOCC2)n1. The van der Waals surface area contributed by atoms with Gasteiger partial charge in [0.25, 0.3) is 0 Å². The standard InChI is InChI=1S/C18H27N3O3/c1-10(2)16-20-18(24-21-16)15(12-5-7-23-8-6-12)19-17(22)14-9-13(14)11-3-4-11/h10-15H,3-9H2,1-2H3,(H,19,22)/t13-,14+,15+/m0/s1. The number of amides is 1. The Morgan fingerprint density at radius 1 is 1.21 bits per heavy atom. The second-order valence-electron chi connectivity index (χ2n) is 7.93. The maximum absolute atomic E-state index is 12.7. The molecule has 2 heterocycles. The quantitative estimate of drug-likeness (QED) is 0.866. The molecule has 6 nitrogen and oxygen atoms in total. The van der Waals surface area contributed by atoms with Crippen molar-refractivity contribution >= 4 is 5.91 Å². The molecule has 3 aliphatic rings. The van der Waals surface area contributed by atoms with Crippen molar-refractivity contribution in [2.45, 2.75) is 57.9 Å². The second-order valence-corrected chi connectivity index (χ2v) is 7.93. The Bertz CT molecular complexity index is 590. The van der Waals surface area contributed by atoms with Gasteiger partial charge in [-0.25, -0.2) is 0 Å². The van der Waals surface area contributed by atoms with Gasteiger partial charge in [-0.1, -0.05) is 19.0 Å². The third-order valence-corrected chi connectivity index (χ3v) is 5.68. The molecule has 0 spiro atoms. The van der Waals surface area contributed by atoms with Gasteiger partial charge in [0, 0.05) is 25.0 Å². The molecule has 1 aliphatic heterocycles. The highest BCUT2D eigenvalue weighted by Crippen LogP contribution is 2.54. The van der Waals surface area contributed by atoms with E-state index in [-0.39, 0.29) is 23.8 Å². The van der Waals surface area contributed by atoms with Crippen molar-refractivity contribution in [2.24, 2.45) is 23.7 Å². The fourth-order valence-corrected chi connectivity index (χ4v) is 3.86. The van der Waals surface area contributed by atoms with Crippen molar-refractivity contribution in [1.82, 2.24) is 15.5 Å². The molecule has 24 heavy (non-hydrogen) atoms. The lowest BCUT2D eigenvalue weighted by atomic mass is 9.91. The number of ether oxygens (including phenoxy) is 1. The van der Waals surface area contributed by atoms with Crippen molar-refractivity contribution in [3.63, 3.8) is 0 Å². The van der Waals surface area contributed by atoms with Crippen LogP contribution >= 0.6 is 0 Å². The summed E-state index contributed by atoms with van der Waals surface area (Å²) in [6, 6.07) is -0.179. The van der Waals surface area contributed by atoms with Crippen LogP contribution in [0.1, 0.15) is 69.6 Å². The van der Waals surface area contributed by atoms with E-state index in [1.807, 2.05) is 13.8 Å². The van der Waals surface area contributed by atoms with Gasteiger partial charge in [0.1, 0.15) is 6.04 Å². The summed E-state index contributed by atoms with van der Waals surface area (Å²) in [6.07, 6.45) is 5.50. The van der Waals surface area contributed by atoms with E-state index < -0.39 is 0 Å². The minimum Gasteiger partial charge on any atom is -0.381 e. The maximum Gasteiger partial charge on any atom is 0.249 e. The third-order valence-electron chi connectivity index (χ3n) is 5.68. The van der Waals surface area contributed by atoms with Crippen LogP contribution in [0.25, 0.3) is 0 Å². The fourth-order valence-electron chi connectivity index (χ4n) is 3.86. The van der Waals surface area contributed by atoms with E-state index in [4.69, 9.17) is 9.26 Å². The third kappa shape index (κ3) is 3.34. The molecular weight excluding hydrogens is 306 g/mol. The van der Waals surface area contributed by atoms with Crippen LogP contribution in [0.15, 0.2) is 4.52 Å². The zero-order valence-corrected chi connectivity index (χ0v) is 14.5. The summed E-state index contributed by atoms with van der Waals surface area (Å²) in [5.74, 6) is 3.59. The Labute approximate surface area is 142 Å². The first-order valence-corrected chi connectivity index (χ1v) is 9.35. The van der Waals surface area contributed by atoms with Crippen LogP contribution in [0.4, 0.5) is 0 Å². The maximum atomic E-state index is 12.7. The highest BCUT2D eigenvalue weighted by molar-refractivity contribution is 5.82. The summed E-state index contributed by atoms with van der Waals surface area (Å²) in [5.41, 5.74) is 0. The van der Waals surface area contributed by atoms with Crippen LogP contribution in [0.5, 0.6) is 0 Å². The zero-order chi connectivity index (χ0) is 16.7. The average Bonchev–Trinajstić information content (AvgIpc) is 3.49. The van der Waals surface area contributed by atoms with Gasteiger partial charge in [0.05, 0.1) is 0 Å². The van der Waals surface area contributed by atoms with E-state index in [0.29, 0.717) is 23.6 Å². The number of rotatable bonds is 6. The number of nitrogens with one attached hydrogen (secondary N) is 1. The minimum absolute atomic E-state index is 0.174. The Morgan fingerprint density at radius 2 is 1.96 bits per heavy atom.